The van der Waals surface area contributed by atoms with Gasteiger partial charge < -0.3 is 5.11 Å². The van der Waals surface area contributed by atoms with E-state index in [4.69, 9.17) is 5.11 Å². The molecule has 0 bridgehead atoms. The van der Waals surface area contributed by atoms with Crippen LogP contribution < -0.4 is 0 Å². The van der Waals surface area contributed by atoms with Crippen molar-refractivity contribution in [1.82, 2.24) is 4.31 Å². The van der Waals surface area contributed by atoms with E-state index in [1.165, 1.54) is 18.3 Å². The molecule has 0 spiro atoms. The number of thioether (sulfide) groups is 1. The van der Waals surface area contributed by atoms with Gasteiger partial charge in [0.2, 0.25) is 10.0 Å². The summed E-state index contributed by atoms with van der Waals surface area (Å²) in [6, 6.07) is 1.72. The Kier molecular flexibility index (Phi) is 4.60. The standard InChI is InChI=1S/C13H16FNO4S2/c1-8-11(14)5-9(13(16)17)6-12(8)21(18,19)15(2)10-3-4-20-7-10/h5-6,10H,3-4,7H2,1-2H3,(H,16,17). The molecule has 1 fully saturated rings. The van der Waals surface area contributed by atoms with Crippen molar-refractivity contribution in [3.63, 3.8) is 0 Å². The van der Waals surface area contributed by atoms with Gasteiger partial charge in [0.15, 0.2) is 0 Å². The van der Waals surface area contributed by atoms with Gasteiger partial charge in [0.25, 0.3) is 0 Å². The van der Waals surface area contributed by atoms with E-state index in [0.29, 0.717) is 5.75 Å². The Labute approximate surface area is 127 Å². The first-order chi connectivity index (χ1) is 9.75. The van der Waals surface area contributed by atoms with E-state index in [-0.39, 0.29) is 22.1 Å². The summed E-state index contributed by atoms with van der Waals surface area (Å²) in [5.41, 5.74) is -0.427. The van der Waals surface area contributed by atoms with Crippen LogP contribution in [0, 0.1) is 12.7 Å². The van der Waals surface area contributed by atoms with Crippen molar-refractivity contribution < 1.29 is 22.7 Å². The lowest BCUT2D eigenvalue weighted by molar-refractivity contribution is 0.0696. The van der Waals surface area contributed by atoms with Crippen molar-refractivity contribution in [1.29, 1.82) is 0 Å². The second kappa shape index (κ2) is 5.94. The normalized spacial score (nSPS) is 19.1. The van der Waals surface area contributed by atoms with Crippen LogP contribution in [0.5, 0.6) is 0 Å². The van der Waals surface area contributed by atoms with Crippen LogP contribution in [0.15, 0.2) is 17.0 Å². The number of carboxylic acid groups (broad SMARTS) is 1. The molecule has 1 atom stereocenters. The highest BCUT2D eigenvalue weighted by Gasteiger charge is 2.32. The van der Waals surface area contributed by atoms with Crippen LogP contribution in [0.25, 0.3) is 0 Å². The maximum atomic E-state index is 13.8. The van der Waals surface area contributed by atoms with Gasteiger partial charge >= 0.3 is 5.97 Å². The number of nitrogens with zero attached hydrogens (tertiary/aromatic N) is 1. The maximum absolute atomic E-state index is 13.8. The molecule has 0 aromatic heterocycles. The molecular formula is C13H16FNO4S2. The van der Waals surface area contributed by atoms with Crippen LogP contribution in [0.1, 0.15) is 22.3 Å². The molecule has 1 unspecified atom stereocenters. The van der Waals surface area contributed by atoms with Crippen molar-refractivity contribution in [3.8, 4) is 0 Å². The van der Waals surface area contributed by atoms with Crippen LogP contribution in [-0.2, 0) is 10.0 Å². The molecule has 0 radical (unpaired) electrons. The number of rotatable bonds is 4. The largest absolute Gasteiger partial charge is 0.478 e. The topological polar surface area (TPSA) is 74.7 Å². The van der Waals surface area contributed by atoms with E-state index < -0.39 is 21.8 Å². The molecule has 0 aliphatic carbocycles. The van der Waals surface area contributed by atoms with Gasteiger partial charge in [-0.15, -0.1) is 0 Å². The third kappa shape index (κ3) is 3.07. The zero-order valence-electron chi connectivity index (χ0n) is 11.7. The average Bonchev–Trinajstić information content (AvgIpc) is 2.94. The molecule has 116 valence electrons. The van der Waals surface area contributed by atoms with Crippen molar-refractivity contribution in [2.45, 2.75) is 24.3 Å². The van der Waals surface area contributed by atoms with Crippen molar-refractivity contribution >= 4 is 27.8 Å². The minimum absolute atomic E-state index is 0.0579. The second-order valence-electron chi connectivity index (χ2n) is 4.93. The third-order valence-corrected chi connectivity index (χ3v) is 6.80. The van der Waals surface area contributed by atoms with Crippen molar-refractivity contribution in [3.05, 3.63) is 29.1 Å². The minimum Gasteiger partial charge on any atom is -0.478 e. The molecule has 0 amide bonds. The maximum Gasteiger partial charge on any atom is 0.335 e. The molecular weight excluding hydrogens is 317 g/mol. The Morgan fingerprint density at radius 2 is 2.14 bits per heavy atom. The summed E-state index contributed by atoms with van der Waals surface area (Å²) in [6.07, 6.45) is 0.737. The quantitative estimate of drug-likeness (QED) is 0.912. The van der Waals surface area contributed by atoms with E-state index in [1.807, 2.05) is 0 Å². The Morgan fingerprint density at radius 1 is 1.48 bits per heavy atom. The predicted octanol–water partition coefficient (Wildman–Crippen LogP) is 1.96. The van der Waals surface area contributed by atoms with Gasteiger partial charge in [-0.3, -0.25) is 0 Å². The summed E-state index contributed by atoms with van der Waals surface area (Å²) in [7, 11) is -2.46. The molecule has 1 aliphatic heterocycles. The number of carboxylic acids is 1. The zero-order valence-corrected chi connectivity index (χ0v) is 13.3. The summed E-state index contributed by atoms with van der Waals surface area (Å²) in [5, 5.41) is 8.96. The van der Waals surface area contributed by atoms with E-state index in [9.17, 15) is 17.6 Å². The van der Waals surface area contributed by atoms with Gasteiger partial charge in [0.05, 0.1) is 10.5 Å². The number of carbonyl (C=O) groups is 1. The van der Waals surface area contributed by atoms with Crippen molar-refractivity contribution in [2.24, 2.45) is 0 Å². The molecule has 1 aromatic rings. The van der Waals surface area contributed by atoms with Crippen LogP contribution >= 0.6 is 11.8 Å². The Hall–Kier alpha value is -1.12. The number of halogens is 1. The van der Waals surface area contributed by atoms with Gasteiger partial charge in [-0.1, -0.05) is 0 Å². The summed E-state index contributed by atoms with van der Waals surface area (Å²) in [6.45, 7) is 1.34. The Balaban J connectivity index is 2.50. The van der Waals surface area contributed by atoms with E-state index >= 15 is 0 Å². The lowest BCUT2D eigenvalue weighted by Gasteiger charge is -2.24. The number of aromatic carboxylic acids is 1. The SMILES string of the molecule is Cc1c(F)cc(C(=O)O)cc1S(=O)(=O)N(C)C1CCSC1. The highest BCUT2D eigenvalue weighted by Crippen LogP contribution is 2.29. The number of hydrogen-bond donors (Lipinski definition) is 1. The summed E-state index contributed by atoms with van der Waals surface area (Å²) in [4.78, 5) is 10.7. The lowest BCUT2D eigenvalue weighted by Crippen LogP contribution is -2.37. The molecule has 8 heteroatoms. The van der Waals surface area contributed by atoms with Gasteiger partial charge in [0, 0.05) is 24.4 Å². The Bertz CT molecular complexity index is 669. The molecule has 1 aromatic carbocycles. The van der Waals surface area contributed by atoms with Gasteiger partial charge in [-0.25, -0.2) is 17.6 Å². The van der Waals surface area contributed by atoms with Gasteiger partial charge in [-0.05, 0) is 31.2 Å². The number of sulfonamides is 1. The predicted molar refractivity (Wildman–Crippen MR) is 78.8 cm³/mol. The smallest absolute Gasteiger partial charge is 0.335 e. The molecule has 1 heterocycles. The molecule has 1 saturated heterocycles. The molecule has 1 aliphatic rings. The molecule has 21 heavy (non-hydrogen) atoms. The minimum atomic E-state index is -3.91. The van der Waals surface area contributed by atoms with Crippen LogP contribution in [0.3, 0.4) is 0 Å². The van der Waals surface area contributed by atoms with Crippen LogP contribution in [0.4, 0.5) is 4.39 Å². The fourth-order valence-corrected chi connectivity index (χ4v) is 5.21. The fraction of sp³-hybridized carbons (Fsp3) is 0.462. The molecule has 0 saturated carbocycles. The van der Waals surface area contributed by atoms with Crippen molar-refractivity contribution in [2.75, 3.05) is 18.6 Å². The monoisotopic (exact) mass is 333 g/mol. The first-order valence-corrected chi connectivity index (χ1v) is 8.94. The van der Waals surface area contributed by atoms with Gasteiger partial charge in [0.1, 0.15) is 5.82 Å². The summed E-state index contributed by atoms with van der Waals surface area (Å²) >= 11 is 1.66. The second-order valence-corrected chi connectivity index (χ2v) is 8.04. The first-order valence-electron chi connectivity index (χ1n) is 6.34. The molecule has 1 N–H and O–H groups in total. The van der Waals surface area contributed by atoms with E-state index in [1.54, 1.807) is 11.8 Å². The van der Waals surface area contributed by atoms with Crippen LogP contribution in [0.2, 0.25) is 0 Å². The van der Waals surface area contributed by atoms with Crippen LogP contribution in [-0.4, -0.2) is 48.4 Å². The summed E-state index contributed by atoms with van der Waals surface area (Å²) in [5.74, 6) is -0.616. The highest BCUT2D eigenvalue weighted by atomic mass is 32.2. The zero-order chi connectivity index (χ0) is 15.8. The Morgan fingerprint density at radius 3 is 2.67 bits per heavy atom. The van der Waals surface area contributed by atoms with E-state index in [0.717, 1.165) is 24.3 Å². The van der Waals surface area contributed by atoms with Gasteiger partial charge in [-0.2, -0.15) is 16.1 Å². The fourth-order valence-electron chi connectivity index (χ4n) is 2.21. The summed E-state index contributed by atoms with van der Waals surface area (Å²) < 4.78 is 40.3. The third-order valence-electron chi connectivity index (χ3n) is 3.62. The number of hydrogen-bond acceptors (Lipinski definition) is 4. The lowest BCUT2D eigenvalue weighted by atomic mass is 10.1. The molecule has 5 nitrogen and oxygen atoms in total. The first kappa shape index (κ1) is 16.3. The molecule has 2 rings (SSSR count). The number of benzene rings is 1. The average molecular weight is 333 g/mol. The highest BCUT2D eigenvalue weighted by molar-refractivity contribution is 7.99. The van der Waals surface area contributed by atoms with E-state index in [2.05, 4.69) is 0 Å².